The number of hydrogen-bond donors (Lipinski definition) is 0. The monoisotopic (exact) mass is 381 g/mol. The van der Waals surface area contributed by atoms with Crippen LogP contribution in [0.1, 0.15) is 23.1 Å². The molecule has 3 nitrogen and oxygen atoms in total. The molecule has 1 heterocycles. The van der Waals surface area contributed by atoms with E-state index in [9.17, 15) is 21.6 Å². The summed E-state index contributed by atoms with van der Waals surface area (Å²) in [5.74, 6) is -0.439. The van der Waals surface area contributed by atoms with Crippen LogP contribution in [0.25, 0.3) is 5.57 Å². The summed E-state index contributed by atoms with van der Waals surface area (Å²) in [5.41, 5.74) is 1.44. The number of alkyl halides is 3. The fourth-order valence-electron chi connectivity index (χ4n) is 2.96. The van der Waals surface area contributed by atoms with Crippen LogP contribution in [0.4, 0.5) is 13.2 Å². The van der Waals surface area contributed by atoms with E-state index in [0.29, 0.717) is 13.0 Å². The fourth-order valence-corrected chi connectivity index (χ4v) is 4.41. The Balaban J connectivity index is 1.73. The lowest BCUT2D eigenvalue weighted by atomic mass is 10.0. The van der Waals surface area contributed by atoms with Gasteiger partial charge in [0.2, 0.25) is 10.0 Å². The Hall–Kier alpha value is -2.12. The van der Waals surface area contributed by atoms with Crippen molar-refractivity contribution in [1.82, 2.24) is 4.31 Å². The van der Waals surface area contributed by atoms with Crippen LogP contribution < -0.4 is 0 Å². The molecule has 0 fully saturated rings. The molecule has 0 spiro atoms. The van der Waals surface area contributed by atoms with E-state index >= 15 is 0 Å². The van der Waals surface area contributed by atoms with E-state index in [-0.39, 0.29) is 12.1 Å². The SMILES string of the molecule is O=S(=O)(Cc1cccc(C(F)(F)F)c1)N1CC=C(c2ccccc2)CC1. The van der Waals surface area contributed by atoms with Crippen LogP contribution in [-0.2, 0) is 22.0 Å². The first-order valence-corrected chi connectivity index (χ1v) is 9.75. The first-order valence-electron chi connectivity index (χ1n) is 8.14. The summed E-state index contributed by atoms with van der Waals surface area (Å²) >= 11 is 0. The summed E-state index contributed by atoms with van der Waals surface area (Å²) in [6.07, 6.45) is -2.05. The smallest absolute Gasteiger partial charge is 0.212 e. The topological polar surface area (TPSA) is 37.4 Å². The Morgan fingerprint density at radius 2 is 1.73 bits per heavy atom. The van der Waals surface area contributed by atoms with Crippen LogP contribution in [0.3, 0.4) is 0 Å². The van der Waals surface area contributed by atoms with Gasteiger partial charge in [-0.2, -0.15) is 17.5 Å². The molecule has 1 aliphatic rings. The highest BCUT2D eigenvalue weighted by Crippen LogP contribution is 2.30. The number of hydrogen-bond acceptors (Lipinski definition) is 2. The van der Waals surface area contributed by atoms with Gasteiger partial charge < -0.3 is 0 Å². The Kier molecular flexibility index (Phi) is 5.20. The van der Waals surface area contributed by atoms with Gasteiger partial charge >= 0.3 is 6.18 Å². The van der Waals surface area contributed by atoms with Gasteiger partial charge in [-0.1, -0.05) is 54.6 Å². The average Bonchev–Trinajstić information content (AvgIpc) is 2.62. The van der Waals surface area contributed by atoms with Crippen molar-refractivity contribution in [2.24, 2.45) is 0 Å². The summed E-state index contributed by atoms with van der Waals surface area (Å²) in [5, 5.41) is 0. The Morgan fingerprint density at radius 1 is 1.00 bits per heavy atom. The van der Waals surface area contributed by atoms with Gasteiger partial charge in [-0.15, -0.1) is 0 Å². The van der Waals surface area contributed by atoms with Crippen molar-refractivity contribution in [3.8, 4) is 0 Å². The maximum absolute atomic E-state index is 12.8. The molecule has 26 heavy (non-hydrogen) atoms. The van der Waals surface area contributed by atoms with Crippen LogP contribution >= 0.6 is 0 Å². The van der Waals surface area contributed by atoms with E-state index in [0.717, 1.165) is 23.3 Å². The van der Waals surface area contributed by atoms with Gasteiger partial charge in [0.25, 0.3) is 0 Å². The second kappa shape index (κ2) is 7.25. The summed E-state index contributed by atoms with van der Waals surface area (Å²) < 4.78 is 64.8. The molecule has 0 unspecified atom stereocenters. The number of rotatable bonds is 4. The highest BCUT2D eigenvalue weighted by atomic mass is 32.2. The Morgan fingerprint density at radius 3 is 2.35 bits per heavy atom. The van der Waals surface area contributed by atoms with Crippen molar-refractivity contribution < 1.29 is 21.6 Å². The molecular formula is C19H18F3NO2S. The van der Waals surface area contributed by atoms with Gasteiger partial charge in [0.05, 0.1) is 11.3 Å². The standard InChI is InChI=1S/C19H18F3NO2S/c20-19(21,22)18-8-4-5-15(13-18)14-26(24,25)23-11-9-17(10-12-23)16-6-2-1-3-7-16/h1-9,13H,10-12,14H2. The molecule has 0 aromatic heterocycles. The van der Waals surface area contributed by atoms with E-state index < -0.39 is 27.5 Å². The van der Waals surface area contributed by atoms with Crippen LogP contribution in [0.5, 0.6) is 0 Å². The second-order valence-corrected chi connectivity index (χ2v) is 8.13. The van der Waals surface area contributed by atoms with Crippen molar-refractivity contribution in [1.29, 1.82) is 0 Å². The molecular weight excluding hydrogens is 363 g/mol. The normalized spacial score (nSPS) is 16.3. The average molecular weight is 381 g/mol. The van der Waals surface area contributed by atoms with Gasteiger partial charge in [0.1, 0.15) is 0 Å². The number of nitrogens with zero attached hydrogens (tertiary/aromatic N) is 1. The maximum Gasteiger partial charge on any atom is 0.416 e. The molecule has 0 N–H and O–H groups in total. The third-order valence-corrected chi connectivity index (χ3v) is 6.13. The van der Waals surface area contributed by atoms with Crippen molar-refractivity contribution in [3.63, 3.8) is 0 Å². The maximum atomic E-state index is 12.8. The molecule has 2 aromatic carbocycles. The Labute approximate surface area is 150 Å². The van der Waals surface area contributed by atoms with Gasteiger partial charge in [-0.05, 0) is 29.2 Å². The summed E-state index contributed by atoms with van der Waals surface area (Å²) in [7, 11) is -3.68. The zero-order valence-corrected chi connectivity index (χ0v) is 14.7. The van der Waals surface area contributed by atoms with E-state index in [2.05, 4.69) is 0 Å². The van der Waals surface area contributed by atoms with Crippen LogP contribution in [-0.4, -0.2) is 25.8 Å². The first kappa shape index (κ1) is 18.7. The first-order chi connectivity index (χ1) is 12.3. The van der Waals surface area contributed by atoms with Gasteiger partial charge in [0.15, 0.2) is 0 Å². The van der Waals surface area contributed by atoms with Crippen molar-refractivity contribution in [3.05, 3.63) is 77.4 Å². The molecule has 0 radical (unpaired) electrons. The van der Waals surface area contributed by atoms with E-state index in [1.807, 2.05) is 36.4 Å². The number of benzene rings is 2. The second-order valence-electron chi connectivity index (χ2n) is 6.16. The molecule has 2 aromatic rings. The molecule has 0 saturated heterocycles. The van der Waals surface area contributed by atoms with Crippen LogP contribution in [0.2, 0.25) is 0 Å². The van der Waals surface area contributed by atoms with Gasteiger partial charge in [0, 0.05) is 13.1 Å². The fraction of sp³-hybridized carbons (Fsp3) is 0.263. The number of sulfonamides is 1. The third kappa shape index (κ3) is 4.34. The highest BCUT2D eigenvalue weighted by Gasteiger charge is 2.31. The predicted octanol–water partition coefficient (Wildman–Crippen LogP) is 4.32. The molecule has 3 rings (SSSR count). The zero-order valence-electron chi connectivity index (χ0n) is 13.9. The summed E-state index contributed by atoms with van der Waals surface area (Å²) in [6.45, 7) is 0.549. The van der Waals surface area contributed by atoms with Crippen LogP contribution in [0.15, 0.2) is 60.7 Å². The van der Waals surface area contributed by atoms with E-state index in [1.54, 1.807) is 0 Å². The van der Waals surface area contributed by atoms with Gasteiger partial charge in [-0.3, -0.25) is 0 Å². The van der Waals surface area contributed by atoms with Crippen molar-refractivity contribution in [2.75, 3.05) is 13.1 Å². The summed E-state index contributed by atoms with van der Waals surface area (Å²) in [6, 6.07) is 14.2. The van der Waals surface area contributed by atoms with E-state index in [4.69, 9.17) is 0 Å². The molecule has 138 valence electrons. The molecule has 0 atom stereocenters. The quantitative estimate of drug-likeness (QED) is 0.791. The molecule has 0 bridgehead atoms. The lowest BCUT2D eigenvalue weighted by Gasteiger charge is -2.26. The Bertz CT molecular complexity index is 906. The van der Waals surface area contributed by atoms with E-state index in [1.165, 1.54) is 16.4 Å². The lowest BCUT2D eigenvalue weighted by molar-refractivity contribution is -0.137. The minimum absolute atomic E-state index is 0.137. The number of halogens is 3. The summed E-state index contributed by atoms with van der Waals surface area (Å²) in [4.78, 5) is 0. The zero-order chi connectivity index (χ0) is 18.8. The molecule has 0 aliphatic carbocycles. The predicted molar refractivity (Wildman–Crippen MR) is 94.7 cm³/mol. The van der Waals surface area contributed by atoms with Crippen LogP contribution in [0, 0.1) is 0 Å². The van der Waals surface area contributed by atoms with Crippen molar-refractivity contribution in [2.45, 2.75) is 18.3 Å². The minimum atomic E-state index is -4.49. The lowest BCUT2D eigenvalue weighted by Crippen LogP contribution is -2.35. The molecule has 0 amide bonds. The largest absolute Gasteiger partial charge is 0.416 e. The molecule has 0 saturated carbocycles. The highest BCUT2D eigenvalue weighted by molar-refractivity contribution is 7.88. The van der Waals surface area contributed by atoms with Crippen molar-refractivity contribution >= 4 is 15.6 Å². The van der Waals surface area contributed by atoms with Gasteiger partial charge in [-0.25, -0.2) is 8.42 Å². The molecule has 7 heteroatoms. The minimum Gasteiger partial charge on any atom is -0.212 e. The third-order valence-electron chi connectivity index (χ3n) is 4.31. The molecule has 1 aliphatic heterocycles.